The smallest absolute Gasteiger partial charge is 0.250 e. The highest BCUT2D eigenvalue weighted by Crippen LogP contribution is 2.34. The number of anilines is 1. The molecule has 0 aliphatic heterocycles. The van der Waals surface area contributed by atoms with Crippen LogP contribution in [-0.4, -0.2) is 51.1 Å². The number of ether oxygens (including phenoxy) is 2. The molecule has 0 fully saturated rings. The second-order valence-electron chi connectivity index (χ2n) is 8.09. The molecule has 31 heavy (non-hydrogen) atoms. The van der Waals surface area contributed by atoms with Crippen LogP contribution in [0, 0.1) is 0 Å². The Morgan fingerprint density at radius 2 is 1.10 bits per heavy atom. The second kappa shape index (κ2) is 8.49. The van der Waals surface area contributed by atoms with E-state index in [0.717, 1.165) is 16.9 Å². The highest BCUT2D eigenvalue weighted by atomic mass is 16.5. The van der Waals surface area contributed by atoms with E-state index in [1.54, 1.807) is 41.9 Å². The van der Waals surface area contributed by atoms with Gasteiger partial charge in [-0.3, -0.25) is 4.90 Å². The molecule has 0 radical (unpaired) electrons. The van der Waals surface area contributed by atoms with Gasteiger partial charge in [-0.25, -0.2) is 4.98 Å². The lowest BCUT2D eigenvalue weighted by Crippen LogP contribution is -2.56. The summed E-state index contributed by atoms with van der Waals surface area (Å²) in [5.41, 5.74) is -0.165. The van der Waals surface area contributed by atoms with Crippen LogP contribution < -0.4 is 14.4 Å². The third-order valence-electron chi connectivity index (χ3n) is 4.70. The number of hydrogen-bond donors (Lipinski definition) is 2. The van der Waals surface area contributed by atoms with Crippen molar-refractivity contribution in [2.75, 3.05) is 19.1 Å². The molecule has 3 aromatic rings. The molecular weight excluding hydrogens is 396 g/mol. The number of aromatic nitrogens is 3. The van der Waals surface area contributed by atoms with Crippen molar-refractivity contribution in [3.8, 4) is 34.0 Å². The minimum atomic E-state index is -1.43. The van der Waals surface area contributed by atoms with Crippen LogP contribution in [0.2, 0.25) is 0 Å². The van der Waals surface area contributed by atoms with Crippen LogP contribution in [0.15, 0.2) is 48.5 Å². The molecule has 1 aromatic heterocycles. The Morgan fingerprint density at radius 1 is 0.677 bits per heavy atom. The average Bonchev–Trinajstić information content (AvgIpc) is 2.72. The minimum absolute atomic E-state index is 0.100. The van der Waals surface area contributed by atoms with Gasteiger partial charge >= 0.3 is 0 Å². The Kier molecular flexibility index (Phi) is 6.15. The van der Waals surface area contributed by atoms with Gasteiger partial charge in [0.25, 0.3) is 0 Å². The standard InChI is InChI=1S/C23H28N4O4/c1-22(2,28)27(23(3,4)29)21-24-19(15-7-11-17(30-5)12-8-15)20(25-26-21)16-9-13-18(31-6)14-10-16/h7-14,28-29H,1-6H3. The first-order valence-corrected chi connectivity index (χ1v) is 9.83. The normalized spacial score (nSPS) is 11.9. The second-order valence-corrected chi connectivity index (χ2v) is 8.09. The van der Waals surface area contributed by atoms with E-state index in [-0.39, 0.29) is 5.95 Å². The summed E-state index contributed by atoms with van der Waals surface area (Å²) in [5.74, 6) is 1.54. The lowest BCUT2D eigenvalue weighted by molar-refractivity contribution is -0.0221. The maximum Gasteiger partial charge on any atom is 0.250 e. The van der Waals surface area contributed by atoms with Crippen molar-refractivity contribution < 1.29 is 19.7 Å². The topological polar surface area (TPSA) is 101 Å². The Balaban J connectivity index is 2.21. The van der Waals surface area contributed by atoms with Gasteiger partial charge in [-0.2, -0.15) is 0 Å². The molecule has 0 aliphatic carbocycles. The molecule has 0 bridgehead atoms. The molecule has 0 unspecified atom stereocenters. The molecule has 8 nitrogen and oxygen atoms in total. The summed E-state index contributed by atoms with van der Waals surface area (Å²) in [5, 5.41) is 30.0. The summed E-state index contributed by atoms with van der Waals surface area (Å²) >= 11 is 0. The van der Waals surface area contributed by atoms with Gasteiger partial charge in [0.1, 0.15) is 34.3 Å². The van der Waals surface area contributed by atoms with E-state index in [9.17, 15) is 10.2 Å². The zero-order chi connectivity index (χ0) is 22.8. The van der Waals surface area contributed by atoms with Gasteiger partial charge in [0.05, 0.1) is 14.2 Å². The average molecular weight is 425 g/mol. The predicted octanol–water partition coefficient (Wildman–Crippen LogP) is 3.49. The van der Waals surface area contributed by atoms with Gasteiger partial charge in [-0.1, -0.05) is 0 Å². The largest absolute Gasteiger partial charge is 0.497 e. The van der Waals surface area contributed by atoms with Crippen LogP contribution in [0.25, 0.3) is 22.5 Å². The predicted molar refractivity (Wildman–Crippen MR) is 119 cm³/mol. The van der Waals surface area contributed by atoms with Gasteiger partial charge in [0.15, 0.2) is 0 Å². The van der Waals surface area contributed by atoms with Crippen molar-refractivity contribution in [2.45, 2.75) is 39.1 Å². The first-order valence-electron chi connectivity index (χ1n) is 9.83. The van der Waals surface area contributed by atoms with E-state index < -0.39 is 11.4 Å². The van der Waals surface area contributed by atoms with Gasteiger partial charge in [0, 0.05) is 11.1 Å². The maximum atomic E-state index is 10.7. The summed E-state index contributed by atoms with van der Waals surface area (Å²) in [6, 6.07) is 14.8. The van der Waals surface area contributed by atoms with Crippen molar-refractivity contribution in [1.29, 1.82) is 0 Å². The highest BCUT2D eigenvalue weighted by Gasteiger charge is 2.38. The molecule has 0 saturated carbocycles. The molecule has 3 rings (SSSR count). The fourth-order valence-corrected chi connectivity index (χ4v) is 3.46. The number of methoxy groups -OCH3 is 2. The van der Waals surface area contributed by atoms with E-state index in [0.29, 0.717) is 17.1 Å². The maximum absolute atomic E-state index is 10.7. The van der Waals surface area contributed by atoms with Crippen LogP contribution in [0.5, 0.6) is 11.5 Å². The Morgan fingerprint density at radius 3 is 1.48 bits per heavy atom. The number of benzene rings is 2. The lowest BCUT2D eigenvalue weighted by Gasteiger charge is -2.42. The van der Waals surface area contributed by atoms with Gasteiger partial charge in [0.2, 0.25) is 5.95 Å². The number of nitrogens with zero attached hydrogens (tertiary/aromatic N) is 4. The summed E-state index contributed by atoms with van der Waals surface area (Å²) < 4.78 is 10.5. The lowest BCUT2D eigenvalue weighted by atomic mass is 10.0. The first-order chi connectivity index (χ1) is 14.5. The monoisotopic (exact) mass is 424 g/mol. The van der Waals surface area contributed by atoms with E-state index >= 15 is 0 Å². The quantitative estimate of drug-likeness (QED) is 0.556. The summed E-state index contributed by atoms with van der Waals surface area (Å²) in [6.45, 7) is 6.22. The zero-order valence-electron chi connectivity index (χ0n) is 18.6. The van der Waals surface area contributed by atoms with Crippen molar-refractivity contribution >= 4 is 5.95 Å². The molecule has 0 aliphatic rings. The van der Waals surface area contributed by atoms with Crippen LogP contribution in [0.3, 0.4) is 0 Å². The fraction of sp³-hybridized carbons (Fsp3) is 0.348. The first kappa shape index (κ1) is 22.5. The Hall–Kier alpha value is -3.23. The molecule has 2 aromatic carbocycles. The Labute approximate surface area is 182 Å². The summed E-state index contributed by atoms with van der Waals surface area (Å²) in [7, 11) is 3.21. The molecule has 0 spiro atoms. The molecule has 8 heteroatoms. The van der Waals surface area contributed by atoms with E-state index in [2.05, 4.69) is 10.2 Å². The Bertz CT molecular complexity index is 1010. The molecule has 164 valence electrons. The van der Waals surface area contributed by atoms with Crippen LogP contribution in [0.1, 0.15) is 27.7 Å². The third kappa shape index (κ3) is 4.92. The number of aliphatic hydroxyl groups is 2. The molecular formula is C23H28N4O4. The van der Waals surface area contributed by atoms with Gasteiger partial charge in [-0.15, -0.1) is 10.2 Å². The van der Waals surface area contributed by atoms with Crippen LogP contribution in [0.4, 0.5) is 5.95 Å². The molecule has 0 atom stereocenters. The van der Waals surface area contributed by atoms with Crippen molar-refractivity contribution in [2.24, 2.45) is 0 Å². The highest BCUT2D eigenvalue weighted by molar-refractivity contribution is 5.78. The zero-order valence-corrected chi connectivity index (χ0v) is 18.6. The van der Waals surface area contributed by atoms with Gasteiger partial charge < -0.3 is 19.7 Å². The van der Waals surface area contributed by atoms with E-state index in [4.69, 9.17) is 14.5 Å². The minimum Gasteiger partial charge on any atom is -0.497 e. The molecule has 2 N–H and O–H groups in total. The molecule has 0 saturated heterocycles. The van der Waals surface area contributed by atoms with Crippen molar-refractivity contribution in [3.63, 3.8) is 0 Å². The van der Waals surface area contributed by atoms with Crippen LogP contribution >= 0.6 is 0 Å². The SMILES string of the molecule is COc1ccc(-c2nnc(N(C(C)(C)O)C(C)(C)O)nc2-c2ccc(OC)cc2)cc1. The van der Waals surface area contributed by atoms with E-state index in [1.807, 2.05) is 48.5 Å². The van der Waals surface area contributed by atoms with E-state index in [1.165, 1.54) is 4.90 Å². The summed E-state index contributed by atoms with van der Waals surface area (Å²) in [6.07, 6.45) is 0. The number of rotatable bonds is 7. The number of hydrogen-bond acceptors (Lipinski definition) is 8. The fourth-order valence-electron chi connectivity index (χ4n) is 3.46. The van der Waals surface area contributed by atoms with Crippen molar-refractivity contribution in [3.05, 3.63) is 48.5 Å². The molecule has 1 heterocycles. The molecule has 0 amide bonds. The third-order valence-corrected chi connectivity index (χ3v) is 4.70. The van der Waals surface area contributed by atoms with Crippen molar-refractivity contribution in [1.82, 2.24) is 15.2 Å². The van der Waals surface area contributed by atoms with Gasteiger partial charge in [-0.05, 0) is 76.2 Å². The summed E-state index contributed by atoms with van der Waals surface area (Å²) in [4.78, 5) is 6.03. The van der Waals surface area contributed by atoms with Crippen LogP contribution in [-0.2, 0) is 0 Å².